The smallest absolute Gasteiger partial charge is 0.328 e. The highest BCUT2D eigenvalue weighted by molar-refractivity contribution is 7.99. The normalized spacial score (nSPS) is 11.9. The zero-order valence-corrected chi connectivity index (χ0v) is 16.7. The lowest BCUT2D eigenvalue weighted by Crippen LogP contribution is -2.43. The molecule has 1 aromatic heterocycles. The molecule has 1 heterocycles. The van der Waals surface area contributed by atoms with Crippen molar-refractivity contribution in [2.75, 3.05) is 20.0 Å². The maximum atomic E-state index is 12.3. The molecule has 0 radical (unpaired) electrons. The van der Waals surface area contributed by atoms with Crippen molar-refractivity contribution < 1.29 is 19.1 Å². The summed E-state index contributed by atoms with van der Waals surface area (Å²) in [5, 5.41) is 11.3. The molecular weight excluding hydrogens is 368 g/mol. The average Bonchev–Trinajstić information content (AvgIpc) is 3.13. The van der Waals surface area contributed by atoms with Crippen molar-refractivity contribution in [1.29, 1.82) is 0 Å². The van der Waals surface area contributed by atoms with Gasteiger partial charge >= 0.3 is 5.97 Å². The van der Waals surface area contributed by atoms with Gasteiger partial charge in [0.05, 0.1) is 25.7 Å². The van der Waals surface area contributed by atoms with Gasteiger partial charge < -0.3 is 14.8 Å². The lowest BCUT2D eigenvalue weighted by molar-refractivity contribution is -0.145. The number of benzene rings is 1. The van der Waals surface area contributed by atoms with Crippen LogP contribution in [0.25, 0.3) is 5.69 Å². The van der Waals surface area contributed by atoms with Crippen molar-refractivity contribution in [3.05, 3.63) is 30.6 Å². The number of aromatic nitrogens is 3. The third-order valence-corrected chi connectivity index (χ3v) is 4.65. The lowest BCUT2D eigenvalue weighted by Gasteiger charge is -2.18. The molecule has 0 saturated carbocycles. The second-order valence-electron chi connectivity index (χ2n) is 6.25. The number of ether oxygens (including phenoxy) is 2. The molecule has 8 nitrogen and oxygen atoms in total. The highest BCUT2D eigenvalue weighted by Crippen LogP contribution is 2.22. The predicted octanol–water partition coefficient (Wildman–Crippen LogP) is 2.07. The van der Waals surface area contributed by atoms with E-state index in [1.54, 1.807) is 18.0 Å². The Balaban J connectivity index is 2.01. The molecule has 146 valence electrons. The quantitative estimate of drug-likeness (QED) is 0.515. The van der Waals surface area contributed by atoms with Gasteiger partial charge in [-0.25, -0.2) is 4.79 Å². The Hall–Kier alpha value is -2.55. The number of esters is 1. The van der Waals surface area contributed by atoms with Crippen LogP contribution in [0.15, 0.2) is 35.7 Å². The number of methoxy groups -OCH3 is 2. The molecule has 2 aromatic rings. The largest absolute Gasteiger partial charge is 0.497 e. The summed E-state index contributed by atoms with van der Waals surface area (Å²) in [4.78, 5) is 24.1. The minimum absolute atomic E-state index is 0.105. The van der Waals surface area contributed by atoms with Crippen molar-refractivity contribution >= 4 is 23.6 Å². The van der Waals surface area contributed by atoms with E-state index in [0.717, 1.165) is 5.69 Å². The molecule has 1 N–H and O–H groups in total. The summed E-state index contributed by atoms with van der Waals surface area (Å²) in [5.74, 6) is 0.356. The van der Waals surface area contributed by atoms with Crippen molar-refractivity contribution in [2.45, 2.75) is 31.5 Å². The number of nitrogens with one attached hydrogen (secondary N) is 1. The predicted molar refractivity (Wildman–Crippen MR) is 102 cm³/mol. The first kappa shape index (κ1) is 20.8. The molecule has 0 saturated heterocycles. The Bertz CT molecular complexity index is 778. The minimum atomic E-state index is -0.653. The molecule has 27 heavy (non-hydrogen) atoms. The van der Waals surface area contributed by atoms with Gasteiger partial charge in [0.25, 0.3) is 0 Å². The van der Waals surface area contributed by atoms with E-state index in [1.807, 2.05) is 38.1 Å². The fourth-order valence-corrected chi connectivity index (χ4v) is 3.19. The minimum Gasteiger partial charge on any atom is -0.497 e. The maximum Gasteiger partial charge on any atom is 0.328 e. The number of thioether (sulfide) groups is 1. The van der Waals surface area contributed by atoms with Gasteiger partial charge in [-0.3, -0.25) is 9.36 Å². The highest BCUT2D eigenvalue weighted by atomic mass is 32.2. The van der Waals surface area contributed by atoms with Crippen LogP contribution in [-0.2, 0) is 14.3 Å². The van der Waals surface area contributed by atoms with Gasteiger partial charge in [0, 0.05) is 6.07 Å². The summed E-state index contributed by atoms with van der Waals surface area (Å²) in [6.45, 7) is 3.96. The zero-order valence-electron chi connectivity index (χ0n) is 15.8. The van der Waals surface area contributed by atoms with Crippen LogP contribution < -0.4 is 10.1 Å². The molecule has 0 aliphatic rings. The number of carbonyl (C=O) groups excluding carboxylic acids is 2. The molecule has 2 rings (SSSR count). The Morgan fingerprint density at radius 3 is 2.74 bits per heavy atom. The molecule has 1 aromatic carbocycles. The first-order chi connectivity index (χ1) is 12.9. The van der Waals surface area contributed by atoms with Crippen LogP contribution >= 0.6 is 11.8 Å². The van der Waals surface area contributed by atoms with Crippen molar-refractivity contribution in [2.24, 2.45) is 5.92 Å². The molecule has 1 amide bonds. The van der Waals surface area contributed by atoms with E-state index in [-0.39, 0.29) is 17.6 Å². The number of rotatable bonds is 9. The highest BCUT2D eigenvalue weighted by Gasteiger charge is 2.23. The van der Waals surface area contributed by atoms with Crippen LogP contribution in [-0.4, -0.2) is 52.7 Å². The van der Waals surface area contributed by atoms with Crippen molar-refractivity contribution in [1.82, 2.24) is 20.1 Å². The third-order valence-electron chi connectivity index (χ3n) is 3.71. The summed E-state index contributed by atoms with van der Waals surface area (Å²) in [5.41, 5.74) is 0.828. The van der Waals surface area contributed by atoms with Gasteiger partial charge in [-0.1, -0.05) is 31.7 Å². The second-order valence-corrected chi connectivity index (χ2v) is 7.19. The van der Waals surface area contributed by atoms with Gasteiger partial charge in [-0.15, -0.1) is 10.2 Å². The summed E-state index contributed by atoms with van der Waals surface area (Å²) in [6, 6.07) is 6.80. The Morgan fingerprint density at radius 1 is 1.30 bits per heavy atom. The molecule has 0 bridgehead atoms. The molecule has 0 unspecified atom stereocenters. The summed E-state index contributed by atoms with van der Waals surface area (Å²) in [6.07, 6.45) is 2.09. The fraction of sp³-hybridized carbons (Fsp3) is 0.444. The maximum absolute atomic E-state index is 12.3. The van der Waals surface area contributed by atoms with Gasteiger partial charge in [0.2, 0.25) is 5.91 Å². The topological polar surface area (TPSA) is 95.3 Å². The zero-order chi connectivity index (χ0) is 19.8. The number of hydrogen-bond acceptors (Lipinski definition) is 7. The van der Waals surface area contributed by atoms with E-state index in [9.17, 15) is 9.59 Å². The van der Waals surface area contributed by atoms with Gasteiger partial charge in [-0.05, 0) is 24.5 Å². The molecular formula is C18H24N4O4S. The lowest BCUT2D eigenvalue weighted by atomic mass is 10.0. The molecule has 0 aliphatic heterocycles. The van der Waals surface area contributed by atoms with Crippen molar-refractivity contribution in [3.8, 4) is 11.4 Å². The molecule has 0 fully saturated rings. The Kier molecular flexibility index (Phi) is 7.66. The summed E-state index contributed by atoms with van der Waals surface area (Å²) >= 11 is 1.23. The van der Waals surface area contributed by atoms with Crippen LogP contribution in [0, 0.1) is 5.92 Å². The van der Waals surface area contributed by atoms with Crippen LogP contribution in [0.4, 0.5) is 0 Å². The Labute approximate surface area is 162 Å². The molecule has 9 heteroatoms. The summed E-state index contributed by atoms with van der Waals surface area (Å²) < 4.78 is 11.8. The number of amides is 1. The second kappa shape index (κ2) is 9.96. The van der Waals surface area contributed by atoms with Crippen LogP contribution in [0.5, 0.6) is 5.75 Å². The third kappa shape index (κ3) is 5.99. The molecule has 0 aliphatic carbocycles. The first-order valence-electron chi connectivity index (χ1n) is 8.49. The van der Waals surface area contributed by atoms with Crippen molar-refractivity contribution in [3.63, 3.8) is 0 Å². The number of carbonyl (C=O) groups is 2. The van der Waals surface area contributed by atoms with Gasteiger partial charge in [-0.2, -0.15) is 0 Å². The van der Waals surface area contributed by atoms with E-state index in [4.69, 9.17) is 9.47 Å². The SMILES string of the molecule is COC(=O)[C@@H](CC(C)C)NC(=O)CSc1nncn1-c1cccc(OC)c1. The Morgan fingerprint density at radius 2 is 2.07 bits per heavy atom. The van der Waals surface area contributed by atoms with Gasteiger partial charge in [0.1, 0.15) is 18.1 Å². The fourth-order valence-electron chi connectivity index (χ4n) is 2.45. The average molecular weight is 392 g/mol. The molecule has 1 atom stereocenters. The standard InChI is InChI=1S/C18H24N4O4S/c1-12(2)8-15(17(24)26-4)20-16(23)10-27-18-21-19-11-22(18)13-6-5-7-14(9-13)25-3/h5-7,9,11-12,15H,8,10H2,1-4H3,(H,20,23)/t15-/m1/s1. The number of nitrogens with zero attached hydrogens (tertiary/aromatic N) is 3. The van der Waals surface area contributed by atoms with Gasteiger partial charge in [0.15, 0.2) is 5.16 Å². The monoisotopic (exact) mass is 392 g/mol. The van der Waals surface area contributed by atoms with Crippen LogP contribution in [0.2, 0.25) is 0 Å². The van der Waals surface area contributed by atoms with E-state index in [0.29, 0.717) is 17.3 Å². The van der Waals surface area contributed by atoms with E-state index >= 15 is 0 Å². The van der Waals surface area contributed by atoms with Crippen LogP contribution in [0.1, 0.15) is 20.3 Å². The van der Waals surface area contributed by atoms with E-state index in [2.05, 4.69) is 15.5 Å². The van der Waals surface area contributed by atoms with E-state index < -0.39 is 12.0 Å². The molecule has 0 spiro atoms. The summed E-state index contributed by atoms with van der Waals surface area (Å²) in [7, 11) is 2.91. The first-order valence-corrected chi connectivity index (χ1v) is 9.47. The van der Waals surface area contributed by atoms with E-state index in [1.165, 1.54) is 18.9 Å². The number of hydrogen-bond donors (Lipinski definition) is 1. The van der Waals surface area contributed by atoms with Crippen LogP contribution in [0.3, 0.4) is 0 Å².